The van der Waals surface area contributed by atoms with E-state index in [0.29, 0.717) is 5.76 Å². The Morgan fingerprint density at radius 3 is 2.50 bits per heavy atom. The number of ether oxygens (including phenoxy) is 4. The first kappa shape index (κ1) is 18.5. The van der Waals surface area contributed by atoms with Crippen molar-refractivity contribution in [1.29, 1.82) is 0 Å². The minimum Gasteiger partial charge on any atom is -0.497 e. The third kappa shape index (κ3) is 2.52. The standard InChI is InChI=1S/C22H22O6/c1-25-16(13-8-4-5-9-13)12-22-15-11-7-6-10-14(15)19(28-22)17(20(23)26-2)18(22)21(24)27-3/h6-8,10-12,19H,4-5,9H2,1-3H3/b16-12-. The van der Waals surface area contributed by atoms with Crippen molar-refractivity contribution in [3.05, 3.63) is 70.0 Å². The summed E-state index contributed by atoms with van der Waals surface area (Å²) in [6, 6.07) is 7.56. The largest absolute Gasteiger partial charge is 0.497 e. The molecule has 1 aliphatic carbocycles. The summed E-state index contributed by atoms with van der Waals surface area (Å²) in [6.07, 6.45) is 6.16. The molecule has 4 rings (SSSR count). The minimum atomic E-state index is -1.26. The quantitative estimate of drug-likeness (QED) is 0.575. The van der Waals surface area contributed by atoms with Gasteiger partial charge in [-0.15, -0.1) is 0 Å². The van der Waals surface area contributed by atoms with Gasteiger partial charge in [0.2, 0.25) is 0 Å². The van der Waals surface area contributed by atoms with Crippen LogP contribution in [0.3, 0.4) is 0 Å². The zero-order chi connectivity index (χ0) is 19.9. The monoisotopic (exact) mass is 382 g/mol. The zero-order valence-electron chi connectivity index (χ0n) is 16.1. The molecule has 0 saturated heterocycles. The first-order valence-electron chi connectivity index (χ1n) is 9.22. The molecular formula is C22H22O6. The molecule has 0 amide bonds. The van der Waals surface area contributed by atoms with Gasteiger partial charge >= 0.3 is 11.9 Å². The second-order valence-electron chi connectivity index (χ2n) is 6.93. The van der Waals surface area contributed by atoms with Crippen molar-refractivity contribution in [3.63, 3.8) is 0 Å². The lowest BCUT2D eigenvalue weighted by atomic mass is 9.76. The van der Waals surface area contributed by atoms with Crippen LogP contribution in [0.2, 0.25) is 0 Å². The summed E-state index contributed by atoms with van der Waals surface area (Å²) in [5.74, 6) is -0.584. The maximum Gasteiger partial charge on any atom is 0.338 e. The van der Waals surface area contributed by atoms with Crippen molar-refractivity contribution in [2.24, 2.45) is 0 Å². The number of methoxy groups -OCH3 is 3. The fraction of sp³-hybridized carbons (Fsp3) is 0.364. The van der Waals surface area contributed by atoms with Gasteiger partial charge in [0.05, 0.1) is 32.5 Å². The molecular weight excluding hydrogens is 360 g/mol. The first-order chi connectivity index (χ1) is 13.6. The summed E-state index contributed by atoms with van der Waals surface area (Å²) in [7, 11) is 4.17. The smallest absolute Gasteiger partial charge is 0.338 e. The summed E-state index contributed by atoms with van der Waals surface area (Å²) >= 11 is 0. The highest BCUT2D eigenvalue weighted by Crippen LogP contribution is 2.59. The maximum absolute atomic E-state index is 12.8. The molecule has 6 nitrogen and oxygen atoms in total. The molecule has 0 fully saturated rings. The van der Waals surface area contributed by atoms with Gasteiger partial charge in [0.1, 0.15) is 17.5 Å². The second kappa shape index (κ2) is 6.95. The lowest BCUT2D eigenvalue weighted by Crippen LogP contribution is -2.31. The van der Waals surface area contributed by atoms with Gasteiger partial charge in [0.25, 0.3) is 0 Å². The van der Waals surface area contributed by atoms with Gasteiger partial charge in [-0.05, 0) is 42.0 Å². The number of hydrogen-bond acceptors (Lipinski definition) is 6. The molecule has 2 atom stereocenters. The molecule has 146 valence electrons. The van der Waals surface area contributed by atoms with Crippen molar-refractivity contribution >= 4 is 11.9 Å². The summed E-state index contributed by atoms with van der Waals surface area (Å²) < 4.78 is 22.0. The van der Waals surface area contributed by atoms with E-state index in [2.05, 4.69) is 6.08 Å². The third-order valence-electron chi connectivity index (χ3n) is 5.56. The second-order valence-corrected chi connectivity index (χ2v) is 6.93. The number of fused-ring (bicyclic) bond motifs is 5. The Bertz CT molecular complexity index is 938. The average Bonchev–Trinajstić information content (AvgIpc) is 3.44. The Morgan fingerprint density at radius 1 is 1.11 bits per heavy atom. The van der Waals surface area contributed by atoms with Gasteiger partial charge in [0, 0.05) is 0 Å². The summed E-state index contributed by atoms with van der Waals surface area (Å²) in [6.45, 7) is 0. The van der Waals surface area contributed by atoms with Crippen LogP contribution in [0.15, 0.2) is 58.9 Å². The number of allylic oxidation sites excluding steroid dienone is 2. The predicted octanol–water partition coefficient (Wildman–Crippen LogP) is 3.25. The Hall–Kier alpha value is -2.86. The van der Waals surface area contributed by atoms with Crippen LogP contribution in [0.25, 0.3) is 0 Å². The van der Waals surface area contributed by atoms with E-state index < -0.39 is 23.6 Å². The molecule has 3 aliphatic rings. The van der Waals surface area contributed by atoms with E-state index in [1.165, 1.54) is 14.2 Å². The minimum absolute atomic E-state index is 0.152. The predicted molar refractivity (Wildman–Crippen MR) is 100 cm³/mol. The maximum atomic E-state index is 12.8. The summed E-state index contributed by atoms with van der Waals surface area (Å²) in [5, 5.41) is 0. The molecule has 0 saturated carbocycles. The summed E-state index contributed by atoms with van der Waals surface area (Å²) in [5.41, 5.74) is 1.78. The van der Waals surface area contributed by atoms with Gasteiger partial charge in [-0.25, -0.2) is 9.59 Å². The van der Waals surface area contributed by atoms with Gasteiger partial charge in [-0.2, -0.15) is 0 Å². The molecule has 2 heterocycles. The molecule has 1 aromatic rings. The fourth-order valence-electron chi connectivity index (χ4n) is 4.34. The van der Waals surface area contributed by atoms with Crippen LogP contribution in [0.1, 0.15) is 36.5 Å². The highest BCUT2D eigenvalue weighted by Gasteiger charge is 2.60. The molecule has 0 radical (unpaired) electrons. The number of esters is 2. The molecule has 0 spiro atoms. The van der Waals surface area contributed by atoms with Crippen LogP contribution in [-0.2, 0) is 34.1 Å². The third-order valence-corrected chi connectivity index (χ3v) is 5.56. The van der Waals surface area contributed by atoms with Gasteiger partial charge in [0.15, 0.2) is 0 Å². The molecule has 0 aromatic heterocycles. The van der Waals surface area contributed by atoms with E-state index in [4.69, 9.17) is 18.9 Å². The Morgan fingerprint density at radius 2 is 1.86 bits per heavy atom. The Labute approximate surface area is 163 Å². The van der Waals surface area contributed by atoms with Crippen molar-refractivity contribution < 1.29 is 28.5 Å². The van der Waals surface area contributed by atoms with E-state index in [1.54, 1.807) is 13.2 Å². The number of hydrogen-bond donors (Lipinski definition) is 0. The Kier molecular flexibility index (Phi) is 4.59. The summed E-state index contributed by atoms with van der Waals surface area (Å²) in [4.78, 5) is 25.4. The number of rotatable bonds is 5. The van der Waals surface area contributed by atoms with E-state index in [9.17, 15) is 9.59 Å². The topological polar surface area (TPSA) is 71.1 Å². The van der Waals surface area contributed by atoms with Crippen LogP contribution >= 0.6 is 0 Å². The highest BCUT2D eigenvalue weighted by atomic mass is 16.6. The zero-order valence-corrected chi connectivity index (χ0v) is 16.1. The Balaban J connectivity index is 1.99. The highest BCUT2D eigenvalue weighted by molar-refractivity contribution is 6.05. The molecule has 0 N–H and O–H groups in total. The van der Waals surface area contributed by atoms with Crippen molar-refractivity contribution in [2.75, 3.05) is 21.3 Å². The SMILES string of the molecule is COC(=O)C1=C(C(=O)OC)C2(/C=C(\OC)C3=CCCC3)OC1c1ccccc12. The van der Waals surface area contributed by atoms with Gasteiger partial charge in [-0.3, -0.25) is 0 Å². The van der Waals surface area contributed by atoms with Gasteiger partial charge in [-0.1, -0.05) is 30.3 Å². The molecule has 6 heteroatoms. The lowest BCUT2D eigenvalue weighted by molar-refractivity contribution is -0.139. The molecule has 2 bridgehead atoms. The molecule has 2 unspecified atom stereocenters. The van der Waals surface area contributed by atoms with Gasteiger partial charge < -0.3 is 18.9 Å². The van der Waals surface area contributed by atoms with Crippen LogP contribution < -0.4 is 0 Å². The first-order valence-corrected chi connectivity index (χ1v) is 9.22. The number of benzene rings is 1. The van der Waals surface area contributed by atoms with Crippen LogP contribution in [0.5, 0.6) is 0 Å². The molecule has 28 heavy (non-hydrogen) atoms. The number of carbonyl (C=O) groups excluding carboxylic acids is 2. The normalized spacial score (nSPS) is 25.5. The lowest BCUT2D eigenvalue weighted by Gasteiger charge is -2.27. The van der Waals surface area contributed by atoms with E-state index >= 15 is 0 Å². The fourth-order valence-corrected chi connectivity index (χ4v) is 4.34. The van der Waals surface area contributed by atoms with E-state index in [1.807, 2.05) is 24.3 Å². The molecule has 1 aromatic carbocycles. The number of carbonyl (C=O) groups is 2. The van der Waals surface area contributed by atoms with Crippen LogP contribution in [-0.4, -0.2) is 33.3 Å². The van der Waals surface area contributed by atoms with E-state index in [-0.39, 0.29) is 11.1 Å². The molecule has 2 aliphatic heterocycles. The van der Waals surface area contributed by atoms with E-state index in [0.717, 1.165) is 36.0 Å². The van der Waals surface area contributed by atoms with Crippen LogP contribution in [0, 0.1) is 0 Å². The van der Waals surface area contributed by atoms with Crippen molar-refractivity contribution in [3.8, 4) is 0 Å². The van der Waals surface area contributed by atoms with Crippen LogP contribution in [0.4, 0.5) is 0 Å². The average molecular weight is 382 g/mol. The van der Waals surface area contributed by atoms with Crippen molar-refractivity contribution in [1.82, 2.24) is 0 Å². The van der Waals surface area contributed by atoms with Crippen molar-refractivity contribution in [2.45, 2.75) is 31.0 Å².